The fourth-order valence-corrected chi connectivity index (χ4v) is 1.81. The lowest BCUT2D eigenvalue weighted by Crippen LogP contribution is -2.00. The zero-order valence-corrected chi connectivity index (χ0v) is 11.2. The predicted octanol–water partition coefficient (Wildman–Crippen LogP) is 2.10. The van der Waals surface area contributed by atoms with Gasteiger partial charge in [-0.15, -0.1) is 5.10 Å². The molecule has 2 aromatic rings. The third-order valence-corrected chi connectivity index (χ3v) is 2.87. The van der Waals surface area contributed by atoms with Gasteiger partial charge in [-0.2, -0.15) is 4.68 Å². The molecule has 0 unspecified atom stereocenters. The van der Waals surface area contributed by atoms with E-state index in [1.807, 2.05) is 24.3 Å². The Morgan fingerprint density at radius 2 is 2.10 bits per heavy atom. The van der Waals surface area contributed by atoms with Crippen LogP contribution in [0.25, 0.3) is 11.8 Å². The SMILES string of the molecule is CCCCc1ccc(-n2nnnc2/C=C/C(=O)O)cc1. The lowest BCUT2D eigenvalue weighted by Gasteiger charge is -2.04. The molecule has 1 heterocycles. The number of carbonyl (C=O) groups is 1. The summed E-state index contributed by atoms with van der Waals surface area (Å²) in [7, 11) is 0. The molecular weight excluding hydrogens is 256 g/mol. The van der Waals surface area contributed by atoms with Crippen LogP contribution in [-0.4, -0.2) is 31.3 Å². The molecule has 6 nitrogen and oxygen atoms in total. The molecule has 0 saturated heterocycles. The number of hydrogen-bond acceptors (Lipinski definition) is 4. The predicted molar refractivity (Wildman–Crippen MR) is 74.4 cm³/mol. The second kappa shape index (κ2) is 6.60. The van der Waals surface area contributed by atoms with E-state index >= 15 is 0 Å². The number of aromatic nitrogens is 4. The highest BCUT2D eigenvalue weighted by Crippen LogP contribution is 2.12. The molecule has 0 atom stereocenters. The van der Waals surface area contributed by atoms with E-state index in [2.05, 4.69) is 22.4 Å². The molecule has 1 aromatic heterocycles. The lowest BCUT2D eigenvalue weighted by atomic mass is 10.1. The summed E-state index contributed by atoms with van der Waals surface area (Å²) >= 11 is 0. The van der Waals surface area contributed by atoms with Crippen LogP contribution in [0.3, 0.4) is 0 Å². The summed E-state index contributed by atoms with van der Waals surface area (Å²) in [5, 5.41) is 19.9. The molecule has 6 heteroatoms. The van der Waals surface area contributed by atoms with Gasteiger partial charge < -0.3 is 5.11 Å². The second-order valence-corrected chi connectivity index (χ2v) is 4.39. The second-order valence-electron chi connectivity index (χ2n) is 4.39. The van der Waals surface area contributed by atoms with Crippen molar-refractivity contribution < 1.29 is 9.90 Å². The molecule has 0 aliphatic rings. The van der Waals surface area contributed by atoms with Gasteiger partial charge in [-0.3, -0.25) is 0 Å². The molecule has 104 valence electrons. The van der Waals surface area contributed by atoms with Crippen molar-refractivity contribution in [1.29, 1.82) is 0 Å². The molecule has 1 N–H and O–H groups in total. The van der Waals surface area contributed by atoms with Crippen LogP contribution in [0, 0.1) is 0 Å². The number of aryl methyl sites for hydroxylation is 1. The van der Waals surface area contributed by atoms with E-state index in [4.69, 9.17) is 5.11 Å². The van der Waals surface area contributed by atoms with E-state index in [1.165, 1.54) is 22.7 Å². The average molecular weight is 272 g/mol. The molecule has 0 aliphatic carbocycles. The van der Waals surface area contributed by atoms with Gasteiger partial charge in [-0.05, 0) is 47.0 Å². The molecule has 0 fully saturated rings. The Morgan fingerprint density at radius 3 is 2.75 bits per heavy atom. The van der Waals surface area contributed by atoms with Crippen LogP contribution in [0.5, 0.6) is 0 Å². The first kappa shape index (κ1) is 13.9. The number of rotatable bonds is 6. The summed E-state index contributed by atoms with van der Waals surface area (Å²) in [6.45, 7) is 2.16. The number of carboxylic acid groups (broad SMARTS) is 1. The number of tetrazole rings is 1. The highest BCUT2D eigenvalue weighted by molar-refractivity contribution is 5.84. The first-order valence-corrected chi connectivity index (χ1v) is 6.49. The Kier molecular flexibility index (Phi) is 4.60. The minimum absolute atomic E-state index is 0.383. The molecule has 0 aliphatic heterocycles. The van der Waals surface area contributed by atoms with Crippen molar-refractivity contribution in [2.24, 2.45) is 0 Å². The van der Waals surface area contributed by atoms with Gasteiger partial charge in [0.25, 0.3) is 0 Å². The molecule has 1 aromatic carbocycles. The number of nitrogens with zero attached hydrogens (tertiary/aromatic N) is 4. The number of unbranched alkanes of at least 4 members (excludes halogenated alkanes) is 1. The Balaban J connectivity index is 2.19. The van der Waals surface area contributed by atoms with Gasteiger partial charge in [-0.1, -0.05) is 25.5 Å². The van der Waals surface area contributed by atoms with Crippen molar-refractivity contribution in [1.82, 2.24) is 20.2 Å². The smallest absolute Gasteiger partial charge is 0.328 e. The number of aliphatic carboxylic acids is 1. The minimum atomic E-state index is -1.03. The standard InChI is InChI=1S/C14H16N4O2/c1-2-3-4-11-5-7-12(8-6-11)18-13(15-16-17-18)9-10-14(19)20/h5-10H,2-4H2,1H3,(H,19,20)/b10-9+. The summed E-state index contributed by atoms with van der Waals surface area (Å²) in [5.41, 5.74) is 2.08. The van der Waals surface area contributed by atoms with Crippen molar-refractivity contribution in [2.45, 2.75) is 26.2 Å². The van der Waals surface area contributed by atoms with Crippen LogP contribution in [-0.2, 0) is 11.2 Å². The summed E-state index contributed by atoms with van der Waals surface area (Å²) in [6.07, 6.45) is 5.76. The maximum Gasteiger partial charge on any atom is 0.328 e. The Labute approximate surface area is 116 Å². The summed E-state index contributed by atoms with van der Waals surface area (Å²) in [6, 6.07) is 7.94. The van der Waals surface area contributed by atoms with Crippen molar-refractivity contribution >= 4 is 12.0 Å². The third kappa shape index (κ3) is 3.50. The first-order chi connectivity index (χ1) is 9.70. The van der Waals surface area contributed by atoms with E-state index in [1.54, 1.807) is 0 Å². The first-order valence-electron chi connectivity index (χ1n) is 6.49. The molecule has 0 bridgehead atoms. The largest absolute Gasteiger partial charge is 0.478 e. The quantitative estimate of drug-likeness (QED) is 0.814. The van der Waals surface area contributed by atoms with Crippen LogP contribution in [0.2, 0.25) is 0 Å². The molecule has 20 heavy (non-hydrogen) atoms. The number of carboxylic acids is 1. The fraction of sp³-hybridized carbons (Fsp3) is 0.286. The van der Waals surface area contributed by atoms with Gasteiger partial charge in [0, 0.05) is 6.08 Å². The number of hydrogen-bond donors (Lipinski definition) is 1. The summed E-state index contributed by atoms with van der Waals surface area (Å²) in [5.74, 6) is -0.650. The van der Waals surface area contributed by atoms with Gasteiger partial charge >= 0.3 is 5.97 Å². The van der Waals surface area contributed by atoms with E-state index in [-0.39, 0.29) is 0 Å². The topological polar surface area (TPSA) is 80.9 Å². The number of benzene rings is 1. The van der Waals surface area contributed by atoms with Gasteiger partial charge in [0.05, 0.1) is 5.69 Å². The van der Waals surface area contributed by atoms with Crippen molar-refractivity contribution in [3.8, 4) is 5.69 Å². The maximum absolute atomic E-state index is 10.5. The normalized spacial score (nSPS) is 11.1. The van der Waals surface area contributed by atoms with Crippen molar-refractivity contribution in [2.75, 3.05) is 0 Å². The Morgan fingerprint density at radius 1 is 1.35 bits per heavy atom. The zero-order valence-electron chi connectivity index (χ0n) is 11.2. The van der Waals surface area contributed by atoms with Crippen LogP contribution in [0.4, 0.5) is 0 Å². The van der Waals surface area contributed by atoms with Crippen LogP contribution in [0.15, 0.2) is 30.3 Å². The molecule has 0 amide bonds. The summed E-state index contributed by atoms with van der Waals surface area (Å²) < 4.78 is 1.50. The van der Waals surface area contributed by atoms with Gasteiger partial charge in [-0.25, -0.2) is 4.79 Å². The Hall–Kier alpha value is -2.50. The van der Waals surface area contributed by atoms with E-state index in [0.29, 0.717) is 5.82 Å². The third-order valence-electron chi connectivity index (χ3n) is 2.87. The zero-order chi connectivity index (χ0) is 14.4. The van der Waals surface area contributed by atoms with Gasteiger partial charge in [0.1, 0.15) is 0 Å². The van der Waals surface area contributed by atoms with Crippen molar-refractivity contribution in [3.05, 3.63) is 41.7 Å². The highest BCUT2D eigenvalue weighted by Gasteiger charge is 2.05. The van der Waals surface area contributed by atoms with Gasteiger partial charge in [0.2, 0.25) is 0 Å². The minimum Gasteiger partial charge on any atom is -0.478 e. The molecule has 0 radical (unpaired) electrons. The van der Waals surface area contributed by atoms with E-state index in [9.17, 15) is 4.79 Å². The highest BCUT2D eigenvalue weighted by atomic mass is 16.4. The molecular formula is C14H16N4O2. The van der Waals surface area contributed by atoms with E-state index < -0.39 is 5.97 Å². The molecule has 0 saturated carbocycles. The van der Waals surface area contributed by atoms with E-state index in [0.717, 1.165) is 24.6 Å². The van der Waals surface area contributed by atoms with Crippen LogP contribution >= 0.6 is 0 Å². The molecule has 2 rings (SSSR count). The monoisotopic (exact) mass is 272 g/mol. The summed E-state index contributed by atoms with van der Waals surface area (Å²) in [4.78, 5) is 10.5. The Bertz CT molecular complexity index is 602. The lowest BCUT2D eigenvalue weighted by molar-refractivity contribution is -0.131. The van der Waals surface area contributed by atoms with Crippen molar-refractivity contribution in [3.63, 3.8) is 0 Å². The van der Waals surface area contributed by atoms with Crippen LogP contribution < -0.4 is 0 Å². The maximum atomic E-state index is 10.5. The van der Waals surface area contributed by atoms with Gasteiger partial charge in [0.15, 0.2) is 5.82 Å². The average Bonchev–Trinajstić information content (AvgIpc) is 2.92. The fourth-order valence-electron chi connectivity index (χ4n) is 1.81. The van der Waals surface area contributed by atoms with Crippen LogP contribution in [0.1, 0.15) is 31.2 Å². The molecule has 0 spiro atoms.